The van der Waals surface area contributed by atoms with Crippen molar-refractivity contribution in [2.75, 3.05) is 0 Å². The van der Waals surface area contributed by atoms with E-state index in [1.807, 2.05) is 6.92 Å². The second-order valence-electron chi connectivity index (χ2n) is 4.56. The van der Waals surface area contributed by atoms with E-state index in [0.29, 0.717) is 23.4 Å². The van der Waals surface area contributed by atoms with Crippen LogP contribution in [0.4, 0.5) is 0 Å². The Hall–Kier alpha value is -2.11. The summed E-state index contributed by atoms with van der Waals surface area (Å²) in [6.07, 6.45) is 0.783. The monoisotopic (exact) mass is 270 g/mol. The SMILES string of the molecule is Cc1ccc(B(O)O)c(OCc2ccc(C=O)cc2)c1. The van der Waals surface area contributed by atoms with Crippen LogP contribution in [-0.4, -0.2) is 23.5 Å². The van der Waals surface area contributed by atoms with Gasteiger partial charge in [0.05, 0.1) is 0 Å². The summed E-state index contributed by atoms with van der Waals surface area (Å²) in [6.45, 7) is 2.20. The Kier molecular flexibility index (Phi) is 4.55. The van der Waals surface area contributed by atoms with Gasteiger partial charge in [0, 0.05) is 11.0 Å². The smallest absolute Gasteiger partial charge is 0.489 e. The molecule has 0 saturated carbocycles. The average molecular weight is 270 g/mol. The molecule has 2 aromatic carbocycles. The van der Waals surface area contributed by atoms with Crippen LogP contribution in [0.1, 0.15) is 21.5 Å². The number of ether oxygens (including phenoxy) is 1. The highest BCUT2D eigenvalue weighted by Crippen LogP contribution is 2.13. The second kappa shape index (κ2) is 6.37. The minimum atomic E-state index is -1.57. The van der Waals surface area contributed by atoms with E-state index < -0.39 is 7.12 Å². The van der Waals surface area contributed by atoms with Gasteiger partial charge in [-0.3, -0.25) is 4.79 Å². The van der Waals surface area contributed by atoms with E-state index in [0.717, 1.165) is 17.4 Å². The molecule has 4 nitrogen and oxygen atoms in total. The number of benzene rings is 2. The van der Waals surface area contributed by atoms with Crippen molar-refractivity contribution in [2.45, 2.75) is 13.5 Å². The normalized spacial score (nSPS) is 10.2. The van der Waals surface area contributed by atoms with E-state index >= 15 is 0 Å². The van der Waals surface area contributed by atoms with Crippen molar-refractivity contribution in [3.63, 3.8) is 0 Å². The van der Waals surface area contributed by atoms with Crippen LogP contribution in [-0.2, 0) is 6.61 Å². The zero-order valence-electron chi connectivity index (χ0n) is 11.1. The standard InChI is InChI=1S/C15H15BO4/c1-11-2-7-14(16(18)19)15(8-11)20-10-13-5-3-12(9-17)4-6-13/h2-9,18-19H,10H2,1H3. The van der Waals surface area contributed by atoms with E-state index in [-0.39, 0.29) is 0 Å². The van der Waals surface area contributed by atoms with E-state index in [1.165, 1.54) is 0 Å². The summed E-state index contributed by atoms with van der Waals surface area (Å²) in [6, 6.07) is 12.2. The lowest BCUT2D eigenvalue weighted by atomic mass is 9.79. The zero-order valence-corrected chi connectivity index (χ0v) is 11.1. The molecule has 2 rings (SSSR count). The summed E-state index contributed by atoms with van der Waals surface area (Å²) < 4.78 is 5.63. The molecular weight excluding hydrogens is 255 g/mol. The number of carbonyl (C=O) groups is 1. The van der Waals surface area contributed by atoms with Crippen LogP contribution < -0.4 is 10.2 Å². The van der Waals surface area contributed by atoms with Gasteiger partial charge < -0.3 is 14.8 Å². The van der Waals surface area contributed by atoms with Crippen molar-refractivity contribution in [3.8, 4) is 5.75 Å². The van der Waals surface area contributed by atoms with Gasteiger partial charge in [-0.15, -0.1) is 0 Å². The average Bonchev–Trinajstić information content (AvgIpc) is 2.45. The summed E-state index contributed by atoms with van der Waals surface area (Å²) in [7, 11) is -1.57. The van der Waals surface area contributed by atoms with Crippen molar-refractivity contribution in [1.82, 2.24) is 0 Å². The molecule has 0 spiro atoms. The van der Waals surface area contributed by atoms with Crippen molar-refractivity contribution < 1.29 is 19.6 Å². The Morgan fingerprint density at radius 1 is 1.15 bits per heavy atom. The molecule has 102 valence electrons. The lowest BCUT2D eigenvalue weighted by Gasteiger charge is -2.12. The van der Waals surface area contributed by atoms with Gasteiger partial charge in [0.15, 0.2) is 0 Å². The van der Waals surface area contributed by atoms with Crippen molar-refractivity contribution in [3.05, 3.63) is 59.2 Å². The lowest BCUT2D eigenvalue weighted by molar-refractivity contribution is 0.112. The molecule has 2 aromatic rings. The molecule has 0 atom stereocenters. The minimum absolute atomic E-state index is 0.294. The van der Waals surface area contributed by atoms with E-state index in [4.69, 9.17) is 4.74 Å². The molecule has 0 aliphatic carbocycles. The van der Waals surface area contributed by atoms with Crippen LogP contribution in [0.3, 0.4) is 0 Å². The second-order valence-corrected chi connectivity index (χ2v) is 4.56. The molecule has 5 heteroatoms. The van der Waals surface area contributed by atoms with Gasteiger partial charge >= 0.3 is 7.12 Å². The van der Waals surface area contributed by atoms with Crippen molar-refractivity contribution in [2.24, 2.45) is 0 Å². The first kappa shape index (κ1) is 14.3. The van der Waals surface area contributed by atoms with E-state index in [2.05, 4.69) is 0 Å². The molecule has 0 bridgehead atoms. The van der Waals surface area contributed by atoms with Crippen LogP contribution in [0.25, 0.3) is 0 Å². The Morgan fingerprint density at radius 3 is 2.45 bits per heavy atom. The maximum atomic E-state index is 10.6. The highest BCUT2D eigenvalue weighted by molar-refractivity contribution is 6.59. The molecular formula is C15H15BO4. The predicted octanol–water partition coefficient (Wildman–Crippen LogP) is 1.07. The fraction of sp³-hybridized carbons (Fsp3) is 0.133. The minimum Gasteiger partial charge on any atom is -0.489 e. The number of rotatable bonds is 5. The Balaban J connectivity index is 2.13. The molecule has 0 radical (unpaired) electrons. The Morgan fingerprint density at radius 2 is 1.85 bits per heavy atom. The van der Waals surface area contributed by atoms with Crippen LogP contribution in [0, 0.1) is 6.92 Å². The Bertz CT molecular complexity index is 593. The lowest BCUT2D eigenvalue weighted by Crippen LogP contribution is -2.31. The van der Waals surface area contributed by atoms with Gasteiger partial charge in [0.2, 0.25) is 0 Å². The summed E-state index contributed by atoms with van der Waals surface area (Å²) in [5.41, 5.74) is 2.81. The van der Waals surface area contributed by atoms with Crippen molar-refractivity contribution in [1.29, 1.82) is 0 Å². The third-order valence-corrected chi connectivity index (χ3v) is 2.96. The third kappa shape index (κ3) is 3.47. The van der Waals surface area contributed by atoms with Gasteiger partial charge in [-0.05, 0) is 24.1 Å². The highest BCUT2D eigenvalue weighted by atomic mass is 16.5. The van der Waals surface area contributed by atoms with Gasteiger partial charge in [-0.25, -0.2) is 0 Å². The van der Waals surface area contributed by atoms with Crippen LogP contribution in [0.15, 0.2) is 42.5 Å². The molecule has 0 fully saturated rings. The number of hydrogen-bond acceptors (Lipinski definition) is 4. The summed E-state index contributed by atoms with van der Waals surface area (Å²) >= 11 is 0. The third-order valence-electron chi connectivity index (χ3n) is 2.96. The van der Waals surface area contributed by atoms with Crippen molar-refractivity contribution >= 4 is 18.9 Å². The van der Waals surface area contributed by atoms with Gasteiger partial charge in [0.1, 0.15) is 18.6 Å². The first-order chi connectivity index (χ1) is 9.60. The topological polar surface area (TPSA) is 66.8 Å². The zero-order chi connectivity index (χ0) is 14.5. The summed E-state index contributed by atoms with van der Waals surface area (Å²) in [5, 5.41) is 18.6. The number of aryl methyl sites for hydroxylation is 1. The van der Waals surface area contributed by atoms with Crippen LogP contribution in [0.2, 0.25) is 0 Å². The largest absolute Gasteiger partial charge is 0.492 e. The van der Waals surface area contributed by atoms with Crippen LogP contribution in [0.5, 0.6) is 5.75 Å². The molecule has 0 aliphatic rings. The predicted molar refractivity (Wildman–Crippen MR) is 77.2 cm³/mol. The number of hydrogen-bond donors (Lipinski definition) is 2. The fourth-order valence-corrected chi connectivity index (χ4v) is 1.83. The van der Waals surface area contributed by atoms with E-state index in [9.17, 15) is 14.8 Å². The Labute approximate surface area is 117 Å². The number of carbonyl (C=O) groups excluding carboxylic acids is 1. The molecule has 20 heavy (non-hydrogen) atoms. The molecule has 0 amide bonds. The first-order valence-electron chi connectivity index (χ1n) is 6.24. The first-order valence-corrected chi connectivity index (χ1v) is 6.24. The molecule has 0 unspecified atom stereocenters. The quantitative estimate of drug-likeness (QED) is 0.630. The van der Waals surface area contributed by atoms with Gasteiger partial charge in [0.25, 0.3) is 0 Å². The molecule has 2 N–H and O–H groups in total. The van der Waals surface area contributed by atoms with E-state index in [1.54, 1.807) is 42.5 Å². The van der Waals surface area contributed by atoms with Gasteiger partial charge in [-0.2, -0.15) is 0 Å². The fourth-order valence-electron chi connectivity index (χ4n) is 1.83. The molecule has 0 heterocycles. The molecule has 0 aliphatic heterocycles. The maximum absolute atomic E-state index is 10.6. The van der Waals surface area contributed by atoms with Gasteiger partial charge in [-0.1, -0.05) is 36.4 Å². The van der Waals surface area contributed by atoms with Crippen LogP contribution >= 0.6 is 0 Å². The number of aldehydes is 1. The highest BCUT2D eigenvalue weighted by Gasteiger charge is 2.17. The maximum Gasteiger partial charge on any atom is 0.492 e. The summed E-state index contributed by atoms with van der Waals surface area (Å²) in [4.78, 5) is 10.6. The molecule has 0 saturated heterocycles. The summed E-state index contributed by atoms with van der Waals surface area (Å²) in [5.74, 6) is 0.444. The molecule has 0 aromatic heterocycles.